The Hall–Kier alpha value is -2.17. The zero-order chi connectivity index (χ0) is 13.0. The van der Waals surface area contributed by atoms with E-state index < -0.39 is 0 Å². The molecule has 0 aromatic carbocycles. The van der Waals surface area contributed by atoms with E-state index in [0.29, 0.717) is 13.0 Å². The van der Waals surface area contributed by atoms with Crippen LogP contribution in [0.4, 0.5) is 0 Å². The van der Waals surface area contributed by atoms with Gasteiger partial charge in [0.05, 0.1) is 0 Å². The van der Waals surface area contributed by atoms with E-state index in [9.17, 15) is 4.79 Å². The van der Waals surface area contributed by atoms with Gasteiger partial charge in [0.2, 0.25) is 5.91 Å². The Morgan fingerprint density at radius 2 is 2.22 bits per heavy atom. The summed E-state index contributed by atoms with van der Waals surface area (Å²) in [4.78, 5) is 19.7. The number of nitrogens with zero attached hydrogens (tertiary/aromatic N) is 3. The molecule has 0 spiro atoms. The Bertz CT molecular complexity index is 547. The molecule has 0 atom stereocenters. The SMILES string of the molecule is CCC(=O)NCc1ccnc(-n2ccnc2C)c1. The second-order valence-electron chi connectivity index (χ2n) is 4.00. The van der Waals surface area contributed by atoms with Gasteiger partial charge in [0.25, 0.3) is 0 Å². The van der Waals surface area contributed by atoms with Gasteiger partial charge in [-0.05, 0) is 24.6 Å². The first-order valence-electron chi connectivity index (χ1n) is 5.92. The summed E-state index contributed by atoms with van der Waals surface area (Å²) >= 11 is 0. The van der Waals surface area contributed by atoms with Gasteiger partial charge in [0, 0.05) is 31.6 Å². The molecule has 0 saturated carbocycles. The third-order valence-electron chi connectivity index (χ3n) is 2.69. The Labute approximate surface area is 106 Å². The molecule has 94 valence electrons. The first-order valence-corrected chi connectivity index (χ1v) is 5.92. The van der Waals surface area contributed by atoms with E-state index in [1.54, 1.807) is 12.4 Å². The van der Waals surface area contributed by atoms with Crippen LogP contribution in [0.1, 0.15) is 24.7 Å². The number of hydrogen-bond donors (Lipinski definition) is 1. The fourth-order valence-electron chi connectivity index (χ4n) is 1.65. The lowest BCUT2D eigenvalue weighted by atomic mass is 10.2. The second kappa shape index (κ2) is 5.44. The molecule has 18 heavy (non-hydrogen) atoms. The molecule has 0 radical (unpaired) electrons. The molecule has 0 aliphatic heterocycles. The number of carbonyl (C=O) groups excluding carboxylic acids is 1. The van der Waals surface area contributed by atoms with Crippen LogP contribution in [-0.4, -0.2) is 20.4 Å². The summed E-state index contributed by atoms with van der Waals surface area (Å²) in [5.41, 5.74) is 1.02. The zero-order valence-electron chi connectivity index (χ0n) is 10.6. The number of carbonyl (C=O) groups is 1. The molecule has 1 N–H and O–H groups in total. The molecule has 0 saturated heterocycles. The van der Waals surface area contributed by atoms with Gasteiger partial charge in [0.15, 0.2) is 0 Å². The average molecular weight is 244 g/mol. The summed E-state index contributed by atoms with van der Waals surface area (Å²) in [6.45, 7) is 4.28. The van der Waals surface area contributed by atoms with Gasteiger partial charge in [-0.3, -0.25) is 9.36 Å². The van der Waals surface area contributed by atoms with Crippen molar-refractivity contribution < 1.29 is 4.79 Å². The molecule has 2 aromatic heterocycles. The first-order chi connectivity index (χ1) is 8.70. The van der Waals surface area contributed by atoms with Crippen LogP contribution in [0.2, 0.25) is 0 Å². The highest BCUT2D eigenvalue weighted by Gasteiger charge is 2.03. The fourth-order valence-corrected chi connectivity index (χ4v) is 1.65. The summed E-state index contributed by atoms with van der Waals surface area (Å²) in [5, 5.41) is 2.84. The Balaban J connectivity index is 2.15. The Kier molecular flexibility index (Phi) is 3.72. The van der Waals surface area contributed by atoms with Crippen molar-refractivity contribution in [3.8, 4) is 5.82 Å². The number of nitrogens with one attached hydrogen (secondary N) is 1. The summed E-state index contributed by atoms with van der Waals surface area (Å²) < 4.78 is 1.91. The van der Waals surface area contributed by atoms with Crippen LogP contribution in [0.5, 0.6) is 0 Å². The van der Waals surface area contributed by atoms with Gasteiger partial charge in [-0.25, -0.2) is 9.97 Å². The van der Waals surface area contributed by atoms with E-state index in [1.165, 1.54) is 0 Å². The number of pyridine rings is 1. The van der Waals surface area contributed by atoms with Crippen molar-refractivity contribution in [3.63, 3.8) is 0 Å². The highest BCUT2D eigenvalue weighted by Crippen LogP contribution is 2.09. The number of aryl methyl sites for hydroxylation is 1. The van der Waals surface area contributed by atoms with Crippen LogP contribution in [0.25, 0.3) is 5.82 Å². The minimum atomic E-state index is 0.0483. The number of amides is 1. The van der Waals surface area contributed by atoms with Crippen molar-refractivity contribution in [2.24, 2.45) is 0 Å². The normalized spacial score (nSPS) is 10.3. The molecular formula is C13H16N4O. The molecule has 5 nitrogen and oxygen atoms in total. The van der Waals surface area contributed by atoms with Gasteiger partial charge in [-0.15, -0.1) is 0 Å². The quantitative estimate of drug-likeness (QED) is 0.888. The molecule has 0 unspecified atom stereocenters. The Morgan fingerprint density at radius 1 is 1.39 bits per heavy atom. The van der Waals surface area contributed by atoms with Crippen molar-refractivity contribution in [3.05, 3.63) is 42.1 Å². The van der Waals surface area contributed by atoms with Crippen LogP contribution in [0, 0.1) is 6.92 Å². The van der Waals surface area contributed by atoms with Crippen LogP contribution in [-0.2, 0) is 11.3 Å². The monoisotopic (exact) mass is 244 g/mol. The van der Waals surface area contributed by atoms with Gasteiger partial charge >= 0.3 is 0 Å². The maximum atomic E-state index is 11.2. The summed E-state index contributed by atoms with van der Waals surface area (Å²) in [6.07, 6.45) is 5.84. The minimum Gasteiger partial charge on any atom is -0.352 e. The maximum Gasteiger partial charge on any atom is 0.219 e. The number of aromatic nitrogens is 3. The van der Waals surface area contributed by atoms with Crippen molar-refractivity contribution in [2.45, 2.75) is 26.8 Å². The molecule has 2 aromatic rings. The molecule has 5 heteroatoms. The molecule has 0 aliphatic rings. The van der Waals surface area contributed by atoms with E-state index in [4.69, 9.17) is 0 Å². The third kappa shape index (κ3) is 2.74. The lowest BCUT2D eigenvalue weighted by molar-refractivity contribution is -0.120. The topological polar surface area (TPSA) is 59.8 Å². The van der Waals surface area contributed by atoms with Gasteiger partial charge in [-0.1, -0.05) is 6.92 Å². The standard InChI is InChI=1S/C13H16N4O/c1-3-13(18)16-9-11-4-5-15-12(8-11)17-7-6-14-10(17)2/h4-8H,3,9H2,1-2H3,(H,16,18). The highest BCUT2D eigenvalue weighted by molar-refractivity contribution is 5.75. The predicted octanol–water partition coefficient (Wildman–Crippen LogP) is 1.60. The summed E-state index contributed by atoms with van der Waals surface area (Å²) in [6, 6.07) is 3.84. The van der Waals surface area contributed by atoms with Gasteiger partial charge in [-0.2, -0.15) is 0 Å². The maximum absolute atomic E-state index is 11.2. The second-order valence-corrected chi connectivity index (χ2v) is 4.00. The van der Waals surface area contributed by atoms with Crippen molar-refractivity contribution >= 4 is 5.91 Å². The smallest absolute Gasteiger partial charge is 0.219 e. The van der Waals surface area contributed by atoms with Crippen LogP contribution in [0.3, 0.4) is 0 Å². The zero-order valence-corrected chi connectivity index (χ0v) is 10.6. The lowest BCUT2D eigenvalue weighted by Crippen LogP contribution is -2.21. The van der Waals surface area contributed by atoms with Crippen molar-refractivity contribution in [1.82, 2.24) is 19.9 Å². The predicted molar refractivity (Wildman–Crippen MR) is 68.2 cm³/mol. The van der Waals surface area contributed by atoms with Crippen molar-refractivity contribution in [2.75, 3.05) is 0 Å². The molecule has 2 heterocycles. The molecule has 0 bridgehead atoms. The van der Waals surface area contributed by atoms with E-state index in [2.05, 4.69) is 15.3 Å². The van der Waals surface area contributed by atoms with E-state index in [-0.39, 0.29) is 5.91 Å². The number of rotatable bonds is 4. The highest BCUT2D eigenvalue weighted by atomic mass is 16.1. The Morgan fingerprint density at radius 3 is 2.89 bits per heavy atom. The number of hydrogen-bond acceptors (Lipinski definition) is 3. The summed E-state index contributed by atoms with van der Waals surface area (Å²) in [7, 11) is 0. The summed E-state index contributed by atoms with van der Waals surface area (Å²) in [5.74, 6) is 1.75. The third-order valence-corrected chi connectivity index (χ3v) is 2.69. The fraction of sp³-hybridized carbons (Fsp3) is 0.308. The van der Waals surface area contributed by atoms with Gasteiger partial charge in [0.1, 0.15) is 11.6 Å². The molecule has 1 amide bonds. The first kappa shape index (κ1) is 12.3. The molecule has 0 fully saturated rings. The number of imidazole rings is 1. The molecule has 0 aliphatic carbocycles. The molecule has 2 rings (SSSR count). The van der Waals surface area contributed by atoms with E-state index in [1.807, 2.05) is 36.7 Å². The minimum absolute atomic E-state index is 0.0483. The van der Waals surface area contributed by atoms with Gasteiger partial charge < -0.3 is 5.32 Å². The van der Waals surface area contributed by atoms with E-state index in [0.717, 1.165) is 17.2 Å². The average Bonchev–Trinajstić information content (AvgIpc) is 2.82. The van der Waals surface area contributed by atoms with Crippen LogP contribution in [0.15, 0.2) is 30.7 Å². The van der Waals surface area contributed by atoms with Crippen LogP contribution < -0.4 is 5.32 Å². The van der Waals surface area contributed by atoms with Crippen LogP contribution >= 0.6 is 0 Å². The molecular weight excluding hydrogens is 228 g/mol. The van der Waals surface area contributed by atoms with Crippen molar-refractivity contribution in [1.29, 1.82) is 0 Å². The van der Waals surface area contributed by atoms with E-state index >= 15 is 0 Å². The largest absolute Gasteiger partial charge is 0.352 e. The lowest BCUT2D eigenvalue weighted by Gasteiger charge is -2.07.